The van der Waals surface area contributed by atoms with Crippen LogP contribution in [0.25, 0.3) is 0 Å². The van der Waals surface area contributed by atoms with Crippen molar-refractivity contribution < 1.29 is 97.1 Å². The Morgan fingerprint density at radius 1 is 0.423 bits per heavy atom. The summed E-state index contributed by atoms with van der Waals surface area (Å²) in [5, 5.41) is 76.0. The van der Waals surface area contributed by atoms with Crippen molar-refractivity contribution in [2.75, 3.05) is 39.4 Å². The van der Waals surface area contributed by atoms with E-state index < -0.39 is 230 Å². The van der Waals surface area contributed by atoms with Crippen molar-refractivity contribution in [3.8, 4) is 0 Å². The standard InChI is InChI=1S/C75H118N16O20/c1-14-40(7)58(76)70(106)81-45(12)64(100)87-59(41(8)15-2)71(107)78-35-56(96)83-52(37-92)68(104)84-49(31-39(5)6)66(102)80-44(11)63(99)88-61(43(10)17-4)73(109)90-62(46(13)94)74(110)85-51(33-48-27-22-19-23-28-48)67(103)89-60(42(9)16-3)72(108)86-53(38-93)75(111)91-30-24-29-54(91)69(105)77-34-55(95)82-50(65(101)79-36-57(97)98)32-47-25-20-18-21-26-47/h18-23,25-28,39-46,49-54,58-62,92-94H,14-17,24,29-38,76H2,1-13H3,(H,77,105)(H,78,107)(H,79,101)(H,80,102)(H,81,106)(H,82,95)(H,83,96)(H,84,104)(H,85,110)(H,86,108)(H,87,100)(H,88,99)(H,89,103)(H,90,109)(H,97,98)/t40-,41-,42-,43-,44-,45-,46+,49-,50-,51-,52-,53-,54-,58-,59-,60-,61-,62-/m0/s1. The van der Waals surface area contributed by atoms with Gasteiger partial charge in [0.15, 0.2) is 0 Å². The van der Waals surface area contributed by atoms with E-state index in [1.807, 2.05) is 6.92 Å². The number of nitrogens with one attached hydrogen (secondary N) is 14. The van der Waals surface area contributed by atoms with Gasteiger partial charge in [0.2, 0.25) is 88.6 Å². The van der Waals surface area contributed by atoms with Gasteiger partial charge in [-0.1, -0.05) is 156 Å². The third kappa shape index (κ3) is 31.2. The number of aliphatic hydroxyl groups excluding tert-OH is 3. The summed E-state index contributed by atoms with van der Waals surface area (Å²) < 4.78 is 0. The van der Waals surface area contributed by atoms with Crippen LogP contribution in [0, 0.1) is 29.6 Å². The van der Waals surface area contributed by atoms with Crippen LogP contribution < -0.4 is 80.2 Å². The monoisotopic (exact) mass is 1560 g/mol. The Morgan fingerprint density at radius 3 is 1.28 bits per heavy atom. The maximum atomic E-state index is 14.6. The summed E-state index contributed by atoms with van der Waals surface area (Å²) in [6, 6.07) is -1.03. The molecule has 2 aromatic carbocycles. The van der Waals surface area contributed by atoms with Gasteiger partial charge in [-0.05, 0) is 80.8 Å². The second-order valence-corrected chi connectivity index (χ2v) is 28.7. The van der Waals surface area contributed by atoms with Gasteiger partial charge in [0, 0.05) is 19.4 Å². The number of aliphatic carboxylic acids is 1. The minimum atomic E-state index is -1.81. The van der Waals surface area contributed by atoms with Crippen molar-refractivity contribution in [1.82, 2.24) is 79.3 Å². The van der Waals surface area contributed by atoms with E-state index in [9.17, 15) is 92.0 Å². The number of carboxylic acid groups (broad SMARTS) is 1. The van der Waals surface area contributed by atoms with E-state index in [0.29, 0.717) is 30.4 Å². The summed E-state index contributed by atoms with van der Waals surface area (Å²) >= 11 is 0. The van der Waals surface area contributed by atoms with Gasteiger partial charge in [0.05, 0.1) is 38.4 Å². The number of rotatable bonds is 47. The fraction of sp³-hybridized carbons (Fsp3) is 0.627. The van der Waals surface area contributed by atoms with Gasteiger partial charge in [-0.2, -0.15) is 0 Å². The van der Waals surface area contributed by atoms with Gasteiger partial charge >= 0.3 is 5.97 Å². The molecular formula is C75H118N16O20. The first-order valence-electron chi connectivity index (χ1n) is 37.8. The topological polar surface area (TPSA) is 552 Å². The SMILES string of the molecule is CC[C@H](C)[C@H](N)C(=O)N[C@@H](C)C(=O)N[C@H](C(=O)NCC(=O)N[C@@H](CO)C(=O)N[C@@H](CC(C)C)C(=O)N[C@@H](C)C(=O)N[C@H](C(=O)N[C@H](C(=O)N[C@@H](Cc1ccccc1)C(=O)N[C@H](C(=O)N[C@@H](CO)C(=O)N1CCC[C@H]1C(=O)NCC(=O)N[C@@H](Cc1ccccc1)C(=O)NCC(=O)O)[C@@H](C)CC)[C@@H](C)O)[C@@H](C)CC)[C@@H](C)CC. The summed E-state index contributed by atoms with van der Waals surface area (Å²) in [6.45, 7) is 17.1. The highest BCUT2D eigenvalue weighted by atomic mass is 16.4. The molecule has 36 nitrogen and oxygen atoms in total. The van der Waals surface area contributed by atoms with Crippen LogP contribution >= 0.6 is 0 Å². The molecule has 1 heterocycles. The first kappa shape index (κ1) is 95.0. The van der Waals surface area contributed by atoms with E-state index in [2.05, 4.69) is 74.4 Å². The lowest BCUT2D eigenvalue weighted by atomic mass is 9.96. The predicted molar refractivity (Wildman–Crippen MR) is 405 cm³/mol. The number of hydrogen-bond donors (Lipinski definition) is 19. The smallest absolute Gasteiger partial charge is 0.322 e. The molecule has 1 fully saturated rings. The van der Waals surface area contributed by atoms with Crippen molar-refractivity contribution in [2.24, 2.45) is 35.3 Å². The van der Waals surface area contributed by atoms with Crippen LogP contribution in [0.3, 0.4) is 0 Å². The number of likely N-dealkylation sites (tertiary alicyclic amines) is 1. The molecule has 1 aliphatic heterocycles. The van der Waals surface area contributed by atoms with Crippen LogP contribution in [0.5, 0.6) is 0 Å². The second kappa shape index (κ2) is 47.8. The third-order valence-electron chi connectivity index (χ3n) is 19.4. The van der Waals surface area contributed by atoms with E-state index in [1.165, 1.54) is 20.8 Å². The molecule has 15 amide bonds. The summed E-state index contributed by atoms with van der Waals surface area (Å²) in [4.78, 5) is 218. The Labute approximate surface area is 647 Å². The van der Waals surface area contributed by atoms with Crippen LogP contribution in [0.4, 0.5) is 0 Å². The molecule has 2 aromatic rings. The largest absolute Gasteiger partial charge is 0.480 e. The number of amides is 15. The number of hydrogen-bond acceptors (Lipinski definition) is 20. The van der Waals surface area contributed by atoms with Gasteiger partial charge in [-0.3, -0.25) is 76.7 Å². The molecule has 3 rings (SSSR count). The molecule has 1 saturated heterocycles. The summed E-state index contributed by atoms with van der Waals surface area (Å²) in [7, 11) is 0. The van der Waals surface area contributed by atoms with Crippen molar-refractivity contribution in [3.05, 3.63) is 71.8 Å². The Hall–Kier alpha value is -10.2. The molecule has 0 spiro atoms. The van der Waals surface area contributed by atoms with Gasteiger partial charge in [-0.15, -0.1) is 0 Å². The lowest BCUT2D eigenvalue weighted by Gasteiger charge is -2.31. The minimum absolute atomic E-state index is 0.00139. The predicted octanol–water partition coefficient (Wildman–Crippen LogP) is -3.81. The molecule has 36 heteroatoms. The lowest BCUT2D eigenvalue weighted by Crippen LogP contribution is -2.63. The Morgan fingerprint density at radius 2 is 0.811 bits per heavy atom. The number of carbonyl (C=O) groups is 16. The van der Waals surface area contributed by atoms with Gasteiger partial charge in [0.1, 0.15) is 79.0 Å². The highest BCUT2D eigenvalue weighted by molar-refractivity contribution is 6.00. The Balaban J connectivity index is 1.74. The molecule has 20 N–H and O–H groups in total. The fourth-order valence-electron chi connectivity index (χ4n) is 11.7. The first-order valence-corrected chi connectivity index (χ1v) is 37.8. The van der Waals surface area contributed by atoms with Crippen LogP contribution in [0.15, 0.2) is 60.7 Å². The zero-order valence-corrected chi connectivity index (χ0v) is 65.7. The number of nitrogens with zero attached hydrogens (tertiary/aromatic N) is 1. The van der Waals surface area contributed by atoms with E-state index in [-0.39, 0.29) is 56.9 Å². The molecular weight excluding hydrogens is 1440 g/mol. The number of carboxylic acids is 1. The summed E-state index contributed by atoms with van der Waals surface area (Å²) in [5.41, 5.74) is 7.17. The fourth-order valence-corrected chi connectivity index (χ4v) is 11.7. The van der Waals surface area contributed by atoms with E-state index in [1.54, 1.807) is 123 Å². The molecule has 0 aromatic heterocycles. The molecule has 111 heavy (non-hydrogen) atoms. The van der Waals surface area contributed by atoms with Crippen molar-refractivity contribution >= 4 is 94.6 Å². The first-order chi connectivity index (χ1) is 52.4. The van der Waals surface area contributed by atoms with Crippen molar-refractivity contribution in [1.29, 1.82) is 0 Å². The molecule has 0 bridgehead atoms. The quantitative estimate of drug-likeness (QED) is 0.0302. The number of carbonyl (C=O) groups excluding carboxylic acids is 15. The average Bonchev–Trinajstić information content (AvgIpc) is 1.78. The van der Waals surface area contributed by atoms with Gasteiger partial charge < -0.3 is 105 Å². The summed E-state index contributed by atoms with van der Waals surface area (Å²) in [6.07, 6.45) is 0.0377. The number of nitrogens with two attached hydrogens (primary N) is 1. The molecule has 0 aliphatic carbocycles. The minimum Gasteiger partial charge on any atom is -0.480 e. The number of aliphatic hydroxyl groups is 3. The maximum Gasteiger partial charge on any atom is 0.322 e. The van der Waals surface area contributed by atoms with Gasteiger partial charge in [-0.25, -0.2) is 0 Å². The molecule has 1 aliphatic rings. The summed E-state index contributed by atoms with van der Waals surface area (Å²) in [5.74, 6) is -16.5. The highest BCUT2D eigenvalue weighted by Gasteiger charge is 2.42. The van der Waals surface area contributed by atoms with Crippen LogP contribution in [0.2, 0.25) is 0 Å². The zero-order chi connectivity index (χ0) is 83.5. The van der Waals surface area contributed by atoms with E-state index in [0.717, 1.165) is 4.90 Å². The lowest BCUT2D eigenvalue weighted by molar-refractivity contribution is -0.143. The van der Waals surface area contributed by atoms with E-state index >= 15 is 0 Å². The van der Waals surface area contributed by atoms with Crippen LogP contribution in [0.1, 0.15) is 146 Å². The molecule has 618 valence electrons. The molecule has 0 radical (unpaired) electrons. The molecule has 0 saturated carbocycles. The molecule has 18 atom stereocenters. The van der Waals surface area contributed by atoms with Gasteiger partial charge in [0.25, 0.3) is 0 Å². The van der Waals surface area contributed by atoms with E-state index in [4.69, 9.17) is 10.8 Å². The highest BCUT2D eigenvalue weighted by Crippen LogP contribution is 2.21. The molecule has 0 unspecified atom stereocenters. The average molecular weight is 1560 g/mol. The normalized spacial score (nSPS) is 17.2. The Kier molecular flexibility index (Phi) is 40.9. The third-order valence-corrected chi connectivity index (χ3v) is 19.4. The maximum absolute atomic E-state index is 14.6. The van der Waals surface area contributed by atoms with Crippen LogP contribution in [-0.4, -0.2) is 244 Å². The Bertz CT molecular complexity index is 3480. The zero-order valence-electron chi connectivity index (χ0n) is 65.7. The van der Waals surface area contributed by atoms with Crippen molar-refractivity contribution in [3.63, 3.8) is 0 Å². The second-order valence-electron chi connectivity index (χ2n) is 28.7. The number of benzene rings is 2. The van der Waals surface area contributed by atoms with Crippen molar-refractivity contribution in [2.45, 2.75) is 232 Å². The van der Waals surface area contributed by atoms with Crippen LogP contribution in [-0.2, 0) is 89.6 Å².